The van der Waals surface area contributed by atoms with Crippen LogP contribution >= 0.6 is 0 Å². The minimum Gasteiger partial charge on any atom is -0.398 e. The lowest BCUT2D eigenvalue weighted by Gasteiger charge is -2.25. The van der Waals surface area contributed by atoms with Gasteiger partial charge >= 0.3 is 0 Å². The van der Waals surface area contributed by atoms with Gasteiger partial charge in [0.1, 0.15) is 0 Å². The quantitative estimate of drug-likeness (QED) is 0.742. The molecule has 0 saturated heterocycles. The topological polar surface area (TPSA) is 56.0 Å². The van der Waals surface area contributed by atoms with E-state index in [9.17, 15) is 4.79 Å². The molecule has 3 heteroatoms. The van der Waals surface area contributed by atoms with E-state index >= 15 is 0 Å². The van der Waals surface area contributed by atoms with E-state index in [1.165, 1.54) is 5.56 Å². The number of para-hydroxylation sites is 1. The van der Waals surface area contributed by atoms with Crippen molar-refractivity contribution in [3.63, 3.8) is 0 Å². The average molecular weight is 288 g/mol. The Morgan fingerprint density at radius 1 is 0.955 bits per heavy atom. The van der Waals surface area contributed by atoms with Crippen LogP contribution in [-0.4, -0.2) is 10.8 Å². The first-order chi connectivity index (χ1) is 10.7. The molecule has 3 nitrogen and oxygen atoms in total. The van der Waals surface area contributed by atoms with Gasteiger partial charge in [-0.3, -0.25) is 9.78 Å². The van der Waals surface area contributed by atoms with Gasteiger partial charge in [-0.1, -0.05) is 48.5 Å². The minimum absolute atomic E-state index is 0.103. The molecule has 108 valence electrons. The Labute approximate surface area is 128 Å². The Morgan fingerprint density at radius 2 is 1.68 bits per heavy atom. The molecule has 1 aromatic heterocycles. The molecule has 0 bridgehead atoms. The summed E-state index contributed by atoms with van der Waals surface area (Å²) in [5.74, 6) is 0.292. The Hall–Kier alpha value is -2.68. The number of Topliss-reactive ketones (excluding diaryl/α,β-unsaturated/α-hetero) is 1. The van der Waals surface area contributed by atoms with Gasteiger partial charge in [0.2, 0.25) is 0 Å². The summed E-state index contributed by atoms with van der Waals surface area (Å²) in [6.45, 7) is 0. The minimum atomic E-state index is 0.103. The van der Waals surface area contributed by atoms with E-state index in [1.807, 2.05) is 42.5 Å². The number of nitrogens with two attached hydrogens (primary N) is 1. The van der Waals surface area contributed by atoms with Crippen LogP contribution in [0.25, 0.3) is 10.9 Å². The first-order valence-electron chi connectivity index (χ1n) is 7.49. The van der Waals surface area contributed by atoms with Gasteiger partial charge in [0, 0.05) is 11.8 Å². The molecular formula is C19H16N2O. The number of pyridine rings is 1. The Kier molecular flexibility index (Phi) is 2.93. The van der Waals surface area contributed by atoms with Gasteiger partial charge in [-0.05, 0) is 24.0 Å². The smallest absolute Gasteiger partial charge is 0.167 e. The molecule has 0 saturated carbocycles. The number of carbonyl (C=O) groups is 1. The molecule has 0 fully saturated rings. The van der Waals surface area contributed by atoms with Crippen molar-refractivity contribution in [2.75, 3.05) is 5.73 Å². The molecule has 0 spiro atoms. The SMILES string of the molecule is Nc1c2c(nc3ccccc13)CC(c1ccccc1)CC2=O. The van der Waals surface area contributed by atoms with Crippen LogP contribution in [0.4, 0.5) is 5.69 Å². The lowest BCUT2D eigenvalue weighted by atomic mass is 9.80. The van der Waals surface area contributed by atoms with Crippen LogP contribution in [0.1, 0.15) is 34.0 Å². The van der Waals surface area contributed by atoms with Crippen LogP contribution in [0, 0.1) is 0 Å². The number of carbonyl (C=O) groups excluding carboxylic acids is 1. The number of benzene rings is 2. The third kappa shape index (κ3) is 1.98. The molecule has 22 heavy (non-hydrogen) atoms. The van der Waals surface area contributed by atoms with Crippen molar-refractivity contribution in [1.82, 2.24) is 4.98 Å². The Morgan fingerprint density at radius 3 is 2.50 bits per heavy atom. The summed E-state index contributed by atoms with van der Waals surface area (Å²) >= 11 is 0. The first kappa shape index (κ1) is 13.0. The maximum atomic E-state index is 12.6. The summed E-state index contributed by atoms with van der Waals surface area (Å²) in [7, 11) is 0. The number of fused-ring (bicyclic) bond motifs is 2. The maximum Gasteiger partial charge on any atom is 0.167 e. The fraction of sp³-hybridized carbons (Fsp3) is 0.158. The van der Waals surface area contributed by atoms with Crippen molar-refractivity contribution < 1.29 is 4.79 Å². The van der Waals surface area contributed by atoms with Gasteiger partial charge in [0.25, 0.3) is 0 Å². The summed E-state index contributed by atoms with van der Waals surface area (Å²) in [5, 5.41) is 0.868. The highest BCUT2D eigenvalue weighted by Gasteiger charge is 2.29. The fourth-order valence-corrected chi connectivity index (χ4v) is 3.34. The van der Waals surface area contributed by atoms with Gasteiger partial charge in [-0.15, -0.1) is 0 Å². The Bertz CT molecular complexity index is 871. The predicted octanol–water partition coefficient (Wildman–Crippen LogP) is 3.73. The largest absolute Gasteiger partial charge is 0.398 e. The lowest BCUT2D eigenvalue weighted by molar-refractivity contribution is 0.0964. The number of hydrogen-bond acceptors (Lipinski definition) is 3. The summed E-state index contributed by atoms with van der Waals surface area (Å²) in [5.41, 5.74) is 10.4. The molecule has 1 aliphatic carbocycles. The molecular weight excluding hydrogens is 272 g/mol. The molecule has 1 atom stereocenters. The zero-order valence-corrected chi connectivity index (χ0v) is 12.1. The van der Waals surface area contributed by atoms with E-state index in [0.29, 0.717) is 17.7 Å². The first-order valence-corrected chi connectivity index (χ1v) is 7.49. The molecule has 2 N–H and O–H groups in total. The highest BCUT2D eigenvalue weighted by molar-refractivity contribution is 6.09. The average Bonchev–Trinajstić information content (AvgIpc) is 2.55. The molecule has 2 aromatic carbocycles. The molecule has 0 aliphatic heterocycles. The summed E-state index contributed by atoms with van der Waals surface area (Å²) in [6.07, 6.45) is 1.27. The number of hydrogen-bond donors (Lipinski definition) is 1. The van der Waals surface area contributed by atoms with Crippen molar-refractivity contribution in [1.29, 1.82) is 0 Å². The molecule has 0 amide bonds. The fourth-order valence-electron chi connectivity index (χ4n) is 3.34. The van der Waals surface area contributed by atoms with Gasteiger partial charge < -0.3 is 5.73 Å². The van der Waals surface area contributed by atoms with Crippen LogP contribution in [-0.2, 0) is 6.42 Å². The summed E-state index contributed by atoms with van der Waals surface area (Å²) in [6, 6.07) is 17.9. The molecule has 1 heterocycles. The van der Waals surface area contributed by atoms with Crippen LogP contribution in [0.15, 0.2) is 54.6 Å². The normalized spacial score (nSPS) is 17.5. The zero-order chi connectivity index (χ0) is 15.1. The van der Waals surface area contributed by atoms with Crippen molar-refractivity contribution in [2.45, 2.75) is 18.8 Å². The second kappa shape index (κ2) is 4.95. The number of anilines is 1. The van der Waals surface area contributed by atoms with Gasteiger partial charge in [0.15, 0.2) is 5.78 Å². The van der Waals surface area contributed by atoms with Crippen LogP contribution in [0.5, 0.6) is 0 Å². The number of ketones is 1. The van der Waals surface area contributed by atoms with Crippen LogP contribution < -0.4 is 5.73 Å². The third-order valence-corrected chi connectivity index (χ3v) is 4.43. The van der Waals surface area contributed by atoms with E-state index in [1.54, 1.807) is 0 Å². The number of nitrogen functional groups attached to an aromatic ring is 1. The molecule has 4 rings (SSSR count). The third-order valence-electron chi connectivity index (χ3n) is 4.43. The van der Waals surface area contributed by atoms with E-state index in [0.717, 1.165) is 23.0 Å². The highest BCUT2D eigenvalue weighted by Crippen LogP contribution is 2.36. The molecule has 3 aromatic rings. The summed E-state index contributed by atoms with van der Waals surface area (Å²) in [4.78, 5) is 17.3. The Balaban J connectivity index is 1.86. The van der Waals surface area contributed by atoms with Crippen molar-refractivity contribution in [3.8, 4) is 0 Å². The molecule has 0 radical (unpaired) electrons. The van der Waals surface area contributed by atoms with Crippen LogP contribution in [0.2, 0.25) is 0 Å². The number of aromatic nitrogens is 1. The second-order valence-corrected chi connectivity index (χ2v) is 5.80. The van der Waals surface area contributed by atoms with E-state index in [-0.39, 0.29) is 11.7 Å². The number of rotatable bonds is 1. The summed E-state index contributed by atoms with van der Waals surface area (Å²) < 4.78 is 0. The standard InChI is InChI=1S/C19H16N2O/c20-19-14-8-4-5-9-15(14)21-16-10-13(11-17(22)18(16)19)12-6-2-1-3-7-12/h1-9,13H,10-11H2,(H2,20,21). The zero-order valence-electron chi connectivity index (χ0n) is 12.1. The van der Waals surface area contributed by atoms with Crippen molar-refractivity contribution in [2.24, 2.45) is 0 Å². The number of nitrogens with zero attached hydrogens (tertiary/aromatic N) is 1. The van der Waals surface area contributed by atoms with E-state index in [4.69, 9.17) is 10.7 Å². The monoisotopic (exact) mass is 288 g/mol. The van der Waals surface area contributed by atoms with Gasteiger partial charge in [-0.25, -0.2) is 0 Å². The van der Waals surface area contributed by atoms with E-state index in [2.05, 4.69) is 12.1 Å². The van der Waals surface area contributed by atoms with Crippen molar-refractivity contribution in [3.05, 3.63) is 71.4 Å². The maximum absolute atomic E-state index is 12.6. The predicted molar refractivity (Wildman–Crippen MR) is 88.0 cm³/mol. The van der Waals surface area contributed by atoms with Gasteiger partial charge in [-0.2, -0.15) is 0 Å². The lowest BCUT2D eigenvalue weighted by Crippen LogP contribution is -2.22. The van der Waals surface area contributed by atoms with Gasteiger partial charge in [0.05, 0.1) is 22.5 Å². The van der Waals surface area contributed by atoms with Crippen LogP contribution in [0.3, 0.4) is 0 Å². The molecule has 1 aliphatic rings. The van der Waals surface area contributed by atoms with E-state index < -0.39 is 0 Å². The second-order valence-electron chi connectivity index (χ2n) is 5.80. The van der Waals surface area contributed by atoms with Crippen molar-refractivity contribution >= 4 is 22.4 Å². The highest BCUT2D eigenvalue weighted by atomic mass is 16.1. The molecule has 1 unspecified atom stereocenters.